The molecule has 1 aliphatic rings. The number of carboxylic acids is 1. The third-order valence-corrected chi connectivity index (χ3v) is 3.99. The van der Waals surface area contributed by atoms with Crippen LogP contribution in [0.4, 0.5) is 5.69 Å². The minimum Gasteiger partial charge on any atom is -0.475 e. The lowest BCUT2D eigenvalue weighted by atomic mass is 9.70. The molecule has 0 aliphatic heterocycles. The highest BCUT2D eigenvalue weighted by Gasteiger charge is 2.39. The average molecular weight is 273 g/mol. The molecular weight excluding hydrogens is 258 g/mol. The molecule has 1 amide bonds. The topological polar surface area (TPSA) is 79.5 Å². The molecule has 2 N–H and O–H groups in total. The number of furan rings is 1. The van der Waals surface area contributed by atoms with Crippen molar-refractivity contribution in [3.05, 3.63) is 30.0 Å². The van der Waals surface area contributed by atoms with Gasteiger partial charge in [-0.25, -0.2) is 4.79 Å². The third-order valence-electron chi connectivity index (χ3n) is 3.99. The first-order valence-corrected chi connectivity index (χ1v) is 6.56. The van der Waals surface area contributed by atoms with Crippen LogP contribution in [0.5, 0.6) is 0 Å². The molecule has 5 nitrogen and oxygen atoms in total. The van der Waals surface area contributed by atoms with E-state index in [1.165, 1.54) is 6.07 Å². The van der Waals surface area contributed by atoms with E-state index >= 15 is 0 Å². The number of anilines is 1. The van der Waals surface area contributed by atoms with E-state index < -0.39 is 5.97 Å². The molecule has 1 aromatic heterocycles. The molecule has 0 radical (unpaired) electrons. The Bertz CT molecular complexity index is 697. The van der Waals surface area contributed by atoms with Crippen molar-refractivity contribution in [2.75, 3.05) is 5.32 Å². The summed E-state index contributed by atoms with van der Waals surface area (Å²) in [5, 5.41) is 12.4. The van der Waals surface area contributed by atoms with Crippen molar-refractivity contribution in [3.8, 4) is 0 Å². The smallest absolute Gasteiger partial charge is 0.371 e. The van der Waals surface area contributed by atoms with Gasteiger partial charge in [0, 0.05) is 16.5 Å². The van der Waals surface area contributed by atoms with Gasteiger partial charge in [0.2, 0.25) is 11.7 Å². The van der Waals surface area contributed by atoms with Gasteiger partial charge < -0.3 is 14.8 Å². The first-order valence-electron chi connectivity index (χ1n) is 6.56. The van der Waals surface area contributed by atoms with Crippen LogP contribution in [-0.2, 0) is 4.79 Å². The van der Waals surface area contributed by atoms with Crippen LogP contribution in [0.15, 0.2) is 28.7 Å². The standard InChI is InChI=1S/C15H15NO4/c1-15(5-2-6-15)14(19)16-10-3-4-11-9(7-10)8-12(20-11)13(17)18/h3-4,7-8H,2,5-6H2,1H3,(H,16,19)(H,17,18). The zero-order valence-corrected chi connectivity index (χ0v) is 11.1. The quantitative estimate of drug-likeness (QED) is 0.899. The molecule has 0 atom stereocenters. The van der Waals surface area contributed by atoms with Crippen LogP contribution in [0.1, 0.15) is 36.7 Å². The Morgan fingerprint density at radius 3 is 2.65 bits per heavy atom. The van der Waals surface area contributed by atoms with Crippen molar-refractivity contribution >= 4 is 28.5 Å². The van der Waals surface area contributed by atoms with Gasteiger partial charge in [0.25, 0.3) is 0 Å². The fourth-order valence-electron chi connectivity index (χ4n) is 2.44. The van der Waals surface area contributed by atoms with Crippen molar-refractivity contribution in [2.45, 2.75) is 26.2 Å². The van der Waals surface area contributed by atoms with E-state index in [1.54, 1.807) is 18.2 Å². The van der Waals surface area contributed by atoms with Crippen molar-refractivity contribution in [1.29, 1.82) is 0 Å². The second kappa shape index (κ2) is 4.37. The van der Waals surface area contributed by atoms with Gasteiger partial charge in [0.05, 0.1) is 0 Å². The predicted octanol–water partition coefficient (Wildman–Crippen LogP) is 3.26. The lowest BCUT2D eigenvalue weighted by Crippen LogP contribution is -2.39. The number of carbonyl (C=O) groups is 2. The summed E-state index contributed by atoms with van der Waals surface area (Å²) in [6, 6.07) is 6.57. The van der Waals surface area contributed by atoms with Crippen LogP contribution in [0, 0.1) is 5.41 Å². The summed E-state index contributed by atoms with van der Waals surface area (Å²) in [6.07, 6.45) is 2.92. The molecule has 1 aliphatic carbocycles. The van der Waals surface area contributed by atoms with E-state index in [9.17, 15) is 9.59 Å². The van der Waals surface area contributed by atoms with E-state index in [1.807, 2.05) is 6.92 Å². The Hall–Kier alpha value is -2.30. The minimum absolute atomic E-state index is 0.0186. The lowest BCUT2D eigenvalue weighted by Gasteiger charge is -2.36. The zero-order chi connectivity index (χ0) is 14.3. The van der Waals surface area contributed by atoms with Gasteiger partial charge in [-0.3, -0.25) is 4.79 Å². The molecule has 20 heavy (non-hydrogen) atoms. The summed E-state index contributed by atoms with van der Waals surface area (Å²) in [7, 11) is 0. The molecule has 3 rings (SSSR count). The second-order valence-electron chi connectivity index (χ2n) is 5.54. The maximum Gasteiger partial charge on any atom is 0.371 e. The molecule has 1 aromatic carbocycles. The first kappa shape index (κ1) is 12.7. The van der Waals surface area contributed by atoms with Crippen LogP contribution in [-0.4, -0.2) is 17.0 Å². The number of fused-ring (bicyclic) bond motifs is 1. The monoisotopic (exact) mass is 273 g/mol. The maximum absolute atomic E-state index is 12.1. The van der Waals surface area contributed by atoms with Gasteiger partial charge in [-0.05, 0) is 37.1 Å². The molecule has 0 bridgehead atoms. The first-order chi connectivity index (χ1) is 9.48. The van der Waals surface area contributed by atoms with Crippen molar-refractivity contribution in [3.63, 3.8) is 0 Å². The van der Waals surface area contributed by atoms with Crippen LogP contribution >= 0.6 is 0 Å². The fraction of sp³-hybridized carbons (Fsp3) is 0.333. The zero-order valence-electron chi connectivity index (χ0n) is 11.1. The highest BCUT2D eigenvalue weighted by molar-refractivity contribution is 5.98. The number of aromatic carboxylic acids is 1. The van der Waals surface area contributed by atoms with Crippen LogP contribution in [0.25, 0.3) is 11.0 Å². The Balaban J connectivity index is 1.85. The SMILES string of the molecule is CC1(C(=O)Nc2ccc3oc(C(=O)O)cc3c2)CCC1. The number of hydrogen-bond acceptors (Lipinski definition) is 3. The van der Waals surface area contributed by atoms with Crippen molar-refractivity contribution in [1.82, 2.24) is 0 Å². The molecule has 0 spiro atoms. The normalized spacial score (nSPS) is 16.6. The van der Waals surface area contributed by atoms with E-state index in [0.29, 0.717) is 16.7 Å². The van der Waals surface area contributed by atoms with Gasteiger partial charge in [0.15, 0.2) is 0 Å². The van der Waals surface area contributed by atoms with Gasteiger partial charge >= 0.3 is 5.97 Å². The second-order valence-corrected chi connectivity index (χ2v) is 5.54. The van der Waals surface area contributed by atoms with E-state index in [0.717, 1.165) is 19.3 Å². The molecule has 1 fully saturated rings. The molecule has 2 aromatic rings. The summed E-state index contributed by atoms with van der Waals surface area (Å²) in [6.45, 7) is 1.96. The van der Waals surface area contributed by atoms with Crippen LogP contribution < -0.4 is 5.32 Å². The number of benzene rings is 1. The van der Waals surface area contributed by atoms with Crippen LogP contribution in [0.3, 0.4) is 0 Å². The minimum atomic E-state index is -1.10. The Morgan fingerprint density at radius 1 is 1.30 bits per heavy atom. The summed E-state index contributed by atoms with van der Waals surface area (Å²) >= 11 is 0. The summed E-state index contributed by atoms with van der Waals surface area (Å²) < 4.78 is 5.18. The molecule has 1 saturated carbocycles. The number of amides is 1. The van der Waals surface area contributed by atoms with Crippen molar-refractivity contribution < 1.29 is 19.1 Å². The van der Waals surface area contributed by atoms with E-state index in [2.05, 4.69) is 5.32 Å². The highest BCUT2D eigenvalue weighted by atomic mass is 16.4. The predicted molar refractivity (Wildman–Crippen MR) is 73.8 cm³/mol. The molecule has 104 valence electrons. The molecule has 1 heterocycles. The molecular formula is C15H15NO4. The summed E-state index contributed by atoms with van der Waals surface area (Å²) in [5.41, 5.74) is 0.890. The number of nitrogens with one attached hydrogen (secondary N) is 1. The Labute approximate surface area is 115 Å². The van der Waals surface area contributed by atoms with Gasteiger partial charge in [-0.15, -0.1) is 0 Å². The van der Waals surface area contributed by atoms with Gasteiger partial charge in [-0.1, -0.05) is 13.3 Å². The molecule has 0 unspecified atom stereocenters. The van der Waals surface area contributed by atoms with Gasteiger partial charge in [0.1, 0.15) is 5.58 Å². The van der Waals surface area contributed by atoms with Gasteiger partial charge in [-0.2, -0.15) is 0 Å². The summed E-state index contributed by atoms with van der Waals surface area (Å²) in [4.78, 5) is 23.0. The van der Waals surface area contributed by atoms with E-state index in [-0.39, 0.29) is 17.1 Å². The van der Waals surface area contributed by atoms with E-state index in [4.69, 9.17) is 9.52 Å². The fourth-order valence-corrected chi connectivity index (χ4v) is 2.44. The Morgan fingerprint density at radius 2 is 2.05 bits per heavy atom. The maximum atomic E-state index is 12.1. The largest absolute Gasteiger partial charge is 0.475 e. The number of hydrogen-bond donors (Lipinski definition) is 2. The molecule has 0 saturated heterocycles. The highest BCUT2D eigenvalue weighted by Crippen LogP contribution is 2.41. The average Bonchev–Trinajstić information content (AvgIpc) is 2.79. The summed E-state index contributed by atoms with van der Waals surface area (Å²) in [5.74, 6) is -1.19. The van der Waals surface area contributed by atoms with Crippen molar-refractivity contribution in [2.24, 2.45) is 5.41 Å². The Kier molecular flexibility index (Phi) is 2.78. The number of carboxylic acid groups (broad SMARTS) is 1. The molecule has 5 heteroatoms. The lowest BCUT2D eigenvalue weighted by molar-refractivity contribution is -0.128. The number of carbonyl (C=O) groups excluding carboxylic acids is 1. The van der Waals surface area contributed by atoms with Crippen LogP contribution in [0.2, 0.25) is 0 Å². The number of rotatable bonds is 3. The third kappa shape index (κ3) is 2.05.